The fourth-order valence-electron chi connectivity index (χ4n) is 2.66. The van der Waals surface area contributed by atoms with E-state index in [0.717, 1.165) is 42.3 Å². The fraction of sp³-hybridized carbons (Fsp3) is 0.600. The Morgan fingerprint density at radius 3 is 2.68 bits per heavy atom. The lowest BCUT2D eigenvalue weighted by Gasteiger charge is -2.27. The van der Waals surface area contributed by atoms with Crippen LogP contribution in [0.1, 0.15) is 44.2 Å². The third-order valence-electron chi connectivity index (χ3n) is 3.96. The minimum atomic E-state index is -0.218. The van der Waals surface area contributed by atoms with Crippen molar-refractivity contribution in [1.29, 1.82) is 0 Å². The molecule has 0 aromatic heterocycles. The Morgan fingerprint density at radius 2 is 2.05 bits per heavy atom. The van der Waals surface area contributed by atoms with Crippen LogP contribution in [0.4, 0.5) is 4.39 Å². The topological polar surface area (TPSA) is 32.3 Å². The Balaban J connectivity index is 1.85. The predicted octanol–water partition coefficient (Wildman–Crippen LogP) is 3.79. The smallest absolute Gasteiger partial charge is 0.124 e. The number of rotatable bonds is 4. The zero-order valence-corrected chi connectivity index (χ0v) is 12.8. The second-order valence-corrected chi connectivity index (χ2v) is 6.32. The summed E-state index contributed by atoms with van der Waals surface area (Å²) in [5.41, 5.74) is 1.08. The quantitative estimate of drug-likeness (QED) is 0.880. The average molecular weight is 330 g/mol. The highest BCUT2D eigenvalue weighted by atomic mass is 79.9. The van der Waals surface area contributed by atoms with E-state index >= 15 is 0 Å². The number of hydrogen-bond acceptors (Lipinski definition) is 2. The summed E-state index contributed by atoms with van der Waals surface area (Å²) in [4.78, 5) is 0. The molecule has 0 amide bonds. The maximum Gasteiger partial charge on any atom is 0.124 e. The summed E-state index contributed by atoms with van der Waals surface area (Å²) in [6, 6.07) is 5.02. The van der Waals surface area contributed by atoms with Crippen LogP contribution in [0.15, 0.2) is 22.7 Å². The molecule has 1 aromatic carbocycles. The van der Waals surface area contributed by atoms with Crippen LogP contribution in [0.2, 0.25) is 0 Å². The zero-order valence-electron chi connectivity index (χ0n) is 11.2. The van der Waals surface area contributed by atoms with E-state index in [1.165, 1.54) is 12.1 Å². The molecule has 0 aliphatic heterocycles. The highest BCUT2D eigenvalue weighted by Gasteiger charge is 2.20. The molecule has 1 aliphatic carbocycles. The van der Waals surface area contributed by atoms with Gasteiger partial charge in [-0.3, -0.25) is 0 Å². The Morgan fingerprint density at radius 1 is 1.37 bits per heavy atom. The molecule has 0 radical (unpaired) electrons. The van der Waals surface area contributed by atoms with Gasteiger partial charge in [0.05, 0.1) is 6.10 Å². The highest BCUT2D eigenvalue weighted by molar-refractivity contribution is 9.10. The molecule has 106 valence electrons. The van der Waals surface area contributed by atoms with Crippen molar-refractivity contribution in [1.82, 2.24) is 5.32 Å². The lowest BCUT2D eigenvalue weighted by Crippen LogP contribution is -2.29. The number of halogens is 2. The van der Waals surface area contributed by atoms with Crippen LogP contribution in [0.5, 0.6) is 0 Å². The first-order chi connectivity index (χ1) is 9.06. The van der Waals surface area contributed by atoms with Crippen LogP contribution < -0.4 is 5.32 Å². The number of aliphatic hydroxyl groups is 1. The number of aliphatic hydroxyl groups excluding tert-OH is 1. The number of benzene rings is 1. The van der Waals surface area contributed by atoms with Crippen molar-refractivity contribution in [2.45, 2.75) is 44.8 Å². The maximum absolute atomic E-state index is 13.1. The van der Waals surface area contributed by atoms with Crippen LogP contribution in [-0.4, -0.2) is 17.8 Å². The van der Waals surface area contributed by atoms with Gasteiger partial charge in [-0.25, -0.2) is 4.39 Å². The molecule has 1 aromatic rings. The zero-order chi connectivity index (χ0) is 13.8. The van der Waals surface area contributed by atoms with Crippen molar-refractivity contribution in [3.63, 3.8) is 0 Å². The largest absolute Gasteiger partial charge is 0.393 e. The van der Waals surface area contributed by atoms with Gasteiger partial charge in [-0.1, -0.05) is 22.0 Å². The molecule has 0 heterocycles. The van der Waals surface area contributed by atoms with Crippen molar-refractivity contribution in [3.8, 4) is 0 Å². The Bertz CT molecular complexity index is 419. The SMILES string of the molecule is CC(NCC1CCC(O)CC1)c1ccc(F)cc1Br. The summed E-state index contributed by atoms with van der Waals surface area (Å²) in [6.45, 7) is 3.05. The standard InChI is InChI=1S/C15H21BrFNO/c1-10(14-7-4-12(17)8-15(14)16)18-9-11-2-5-13(19)6-3-11/h4,7-8,10-11,13,18-19H,2-3,5-6,9H2,1H3. The van der Waals surface area contributed by atoms with Gasteiger partial charge in [0, 0.05) is 10.5 Å². The van der Waals surface area contributed by atoms with Gasteiger partial charge in [-0.15, -0.1) is 0 Å². The Kier molecular flexibility index (Phi) is 5.37. The molecule has 1 fully saturated rings. The lowest BCUT2D eigenvalue weighted by molar-refractivity contribution is 0.108. The third kappa shape index (κ3) is 4.26. The molecule has 2 rings (SSSR count). The van der Waals surface area contributed by atoms with E-state index in [0.29, 0.717) is 5.92 Å². The molecule has 2 N–H and O–H groups in total. The summed E-state index contributed by atoms with van der Waals surface area (Å²) >= 11 is 3.41. The molecule has 0 spiro atoms. The van der Waals surface area contributed by atoms with Gasteiger partial charge in [-0.2, -0.15) is 0 Å². The van der Waals surface area contributed by atoms with Gasteiger partial charge in [0.25, 0.3) is 0 Å². The van der Waals surface area contributed by atoms with E-state index in [1.54, 1.807) is 0 Å². The van der Waals surface area contributed by atoms with E-state index in [1.807, 2.05) is 6.07 Å². The first-order valence-corrected chi connectivity index (χ1v) is 7.72. The lowest BCUT2D eigenvalue weighted by atomic mass is 9.87. The summed E-state index contributed by atoms with van der Waals surface area (Å²) < 4.78 is 13.9. The van der Waals surface area contributed by atoms with E-state index in [9.17, 15) is 9.50 Å². The Hall–Kier alpha value is -0.450. The highest BCUT2D eigenvalue weighted by Crippen LogP contribution is 2.26. The van der Waals surface area contributed by atoms with Crippen LogP contribution in [0, 0.1) is 11.7 Å². The van der Waals surface area contributed by atoms with Gasteiger partial charge in [0.15, 0.2) is 0 Å². The minimum Gasteiger partial charge on any atom is -0.393 e. The van der Waals surface area contributed by atoms with Gasteiger partial charge in [0.2, 0.25) is 0 Å². The number of nitrogens with one attached hydrogen (secondary N) is 1. The first-order valence-electron chi connectivity index (χ1n) is 6.92. The molecule has 1 saturated carbocycles. The molecular formula is C15H21BrFNO. The molecule has 1 atom stereocenters. The molecule has 19 heavy (non-hydrogen) atoms. The van der Waals surface area contributed by atoms with Crippen molar-refractivity contribution in [2.75, 3.05) is 6.54 Å². The summed E-state index contributed by atoms with van der Waals surface area (Å²) in [5, 5.41) is 13.0. The third-order valence-corrected chi connectivity index (χ3v) is 4.64. The molecule has 0 bridgehead atoms. The van der Waals surface area contributed by atoms with Crippen LogP contribution in [0.3, 0.4) is 0 Å². The van der Waals surface area contributed by atoms with Gasteiger partial charge >= 0.3 is 0 Å². The maximum atomic E-state index is 13.1. The molecule has 1 unspecified atom stereocenters. The van der Waals surface area contributed by atoms with Crippen LogP contribution in [0.25, 0.3) is 0 Å². The van der Waals surface area contributed by atoms with Crippen molar-refractivity contribution < 1.29 is 9.50 Å². The van der Waals surface area contributed by atoms with Crippen molar-refractivity contribution >= 4 is 15.9 Å². The normalized spacial score (nSPS) is 25.3. The fourth-order valence-corrected chi connectivity index (χ4v) is 3.35. The van der Waals surface area contributed by atoms with Crippen LogP contribution >= 0.6 is 15.9 Å². The molecule has 4 heteroatoms. The number of hydrogen-bond donors (Lipinski definition) is 2. The van der Waals surface area contributed by atoms with Crippen molar-refractivity contribution in [3.05, 3.63) is 34.1 Å². The first kappa shape index (κ1) is 14.9. The van der Waals surface area contributed by atoms with Crippen molar-refractivity contribution in [2.24, 2.45) is 5.92 Å². The van der Waals surface area contributed by atoms with Gasteiger partial charge in [0.1, 0.15) is 5.82 Å². The summed E-state index contributed by atoms with van der Waals surface area (Å²) in [5.74, 6) is 0.425. The summed E-state index contributed by atoms with van der Waals surface area (Å²) in [6.07, 6.45) is 3.92. The second kappa shape index (κ2) is 6.82. The molecule has 1 aliphatic rings. The van der Waals surface area contributed by atoms with Crippen LogP contribution in [-0.2, 0) is 0 Å². The molecule has 0 saturated heterocycles. The second-order valence-electron chi connectivity index (χ2n) is 5.47. The predicted molar refractivity (Wildman–Crippen MR) is 78.5 cm³/mol. The Labute approximate surface area is 122 Å². The monoisotopic (exact) mass is 329 g/mol. The molecular weight excluding hydrogens is 309 g/mol. The van der Waals surface area contributed by atoms with E-state index < -0.39 is 0 Å². The average Bonchev–Trinajstić information content (AvgIpc) is 2.37. The van der Waals surface area contributed by atoms with E-state index in [-0.39, 0.29) is 18.0 Å². The van der Waals surface area contributed by atoms with Gasteiger partial charge < -0.3 is 10.4 Å². The van der Waals surface area contributed by atoms with Gasteiger partial charge in [-0.05, 0) is 62.8 Å². The summed E-state index contributed by atoms with van der Waals surface area (Å²) in [7, 11) is 0. The minimum absolute atomic E-state index is 0.0973. The molecule has 2 nitrogen and oxygen atoms in total. The van der Waals surface area contributed by atoms with E-state index in [2.05, 4.69) is 28.2 Å². The van der Waals surface area contributed by atoms with E-state index in [4.69, 9.17) is 0 Å².